The third kappa shape index (κ3) is 34.9. The molecule has 0 saturated carbocycles. The molecule has 49 heavy (non-hydrogen) atoms. The Morgan fingerprint density at radius 2 is 1.14 bits per heavy atom. The summed E-state index contributed by atoms with van der Waals surface area (Å²) in [6.45, 7) is 4.54. The minimum absolute atomic E-state index is 0.00781. The van der Waals surface area contributed by atoms with Crippen LogP contribution in [0.1, 0.15) is 162 Å². The number of hydrogen-bond donors (Lipinski definition) is 2. The monoisotopic (exact) mass is 713 g/mol. The lowest BCUT2D eigenvalue weighted by Gasteiger charge is -2.29. The van der Waals surface area contributed by atoms with Gasteiger partial charge in [-0.05, 0) is 57.8 Å². The van der Waals surface area contributed by atoms with Crippen LogP contribution in [0.4, 0.5) is 0 Å². The number of phosphoric acid groups is 1. The predicted octanol–water partition coefficient (Wildman–Crippen LogP) is 9.72. The Kier molecular flexibility index (Phi) is 31.8. The van der Waals surface area contributed by atoms with Crippen molar-refractivity contribution in [2.75, 3.05) is 40.9 Å². The number of nitrogens with zero attached hydrogens (tertiary/aromatic N) is 1. The molecular weight excluding hydrogens is 635 g/mol. The van der Waals surface area contributed by atoms with E-state index >= 15 is 0 Å². The molecule has 0 heterocycles. The summed E-state index contributed by atoms with van der Waals surface area (Å²) in [7, 11) is 1.23. The van der Waals surface area contributed by atoms with Gasteiger partial charge in [0.1, 0.15) is 13.2 Å². The highest BCUT2D eigenvalue weighted by Crippen LogP contribution is 2.38. The number of rotatable bonds is 35. The van der Waals surface area contributed by atoms with Crippen LogP contribution < -0.4 is 10.2 Å². The van der Waals surface area contributed by atoms with Crippen molar-refractivity contribution >= 4 is 13.7 Å². The Labute approximate surface area is 302 Å². The zero-order chi connectivity index (χ0) is 36.5. The second kappa shape index (κ2) is 32.6. The van der Waals surface area contributed by atoms with Crippen LogP contribution in [0, 0.1) is 0 Å². The highest BCUT2D eigenvalue weighted by atomic mass is 31.2. The largest absolute Gasteiger partial charge is 0.756 e. The summed E-state index contributed by atoms with van der Waals surface area (Å²) in [6, 6.07) is -0.901. The molecule has 0 aliphatic rings. The molecule has 0 aromatic rings. The Morgan fingerprint density at radius 1 is 0.694 bits per heavy atom. The number of likely N-dealkylation sites (N-methyl/N-ethyl adjacent to an activating group) is 1. The van der Waals surface area contributed by atoms with E-state index in [4.69, 9.17) is 9.05 Å². The van der Waals surface area contributed by atoms with Crippen molar-refractivity contribution in [3.63, 3.8) is 0 Å². The van der Waals surface area contributed by atoms with E-state index in [9.17, 15) is 19.4 Å². The third-order valence-corrected chi connectivity index (χ3v) is 9.54. The topological polar surface area (TPSA) is 108 Å². The quantitative estimate of drug-likeness (QED) is 0.0293. The Morgan fingerprint density at radius 3 is 1.69 bits per heavy atom. The molecule has 9 heteroatoms. The van der Waals surface area contributed by atoms with E-state index < -0.39 is 26.6 Å². The fraction of sp³-hybridized carbons (Fsp3) is 0.825. The van der Waals surface area contributed by atoms with Crippen molar-refractivity contribution in [3.8, 4) is 0 Å². The Balaban J connectivity index is 4.42. The van der Waals surface area contributed by atoms with Gasteiger partial charge in [0.05, 0.1) is 39.9 Å². The lowest BCUT2D eigenvalue weighted by atomic mass is 10.1. The summed E-state index contributed by atoms with van der Waals surface area (Å²) in [5, 5.41) is 13.6. The van der Waals surface area contributed by atoms with Crippen molar-refractivity contribution in [2.45, 2.75) is 174 Å². The maximum atomic E-state index is 12.8. The molecule has 1 amide bonds. The number of hydrogen-bond acceptors (Lipinski definition) is 6. The van der Waals surface area contributed by atoms with E-state index in [1.807, 2.05) is 27.2 Å². The summed E-state index contributed by atoms with van der Waals surface area (Å²) in [5.41, 5.74) is 0. The zero-order valence-corrected chi connectivity index (χ0v) is 33.3. The molecule has 288 valence electrons. The summed E-state index contributed by atoms with van der Waals surface area (Å²) >= 11 is 0. The minimum atomic E-state index is -4.58. The molecule has 0 saturated heterocycles. The van der Waals surface area contributed by atoms with Crippen molar-refractivity contribution in [1.82, 2.24) is 5.32 Å². The Hall–Kier alpha value is -1.28. The number of quaternary nitrogens is 1. The first-order valence-corrected chi connectivity index (χ1v) is 21.3. The molecule has 0 fully saturated rings. The first-order valence-electron chi connectivity index (χ1n) is 19.9. The maximum absolute atomic E-state index is 12.8. The second-order valence-electron chi connectivity index (χ2n) is 14.6. The molecule has 0 rings (SSSR count). The van der Waals surface area contributed by atoms with Crippen molar-refractivity contribution < 1.29 is 32.9 Å². The van der Waals surface area contributed by atoms with Gasteiger partial charge < -0.3 is 28.8 Å². The van der Waals surface area contributed by atoms with Crippen LogP contribution in [-0.2, 0) is 18.4 Å². The minimum Gasteiger partial charge on any atom is -0.756 e. The molecule has 0 aliphatic carbocycles. The number of aliphatic hydroxyl groups is 1. The SMILES string of the molecule is CCCCC/C=C/CC/C=C/C(O)C(COP(=O)([O-])OCC[N+](C)(C)C)NC(=O)CCCCCCCCC/C=C\CCCCCCCCC. The smallest absolute Gasteiger partial charge is 0.268 e. The molecule has 3 unspecified atom stereocenters. The van der Waals surface area contributed by atoms with Crippen molar-refractivity contribution in [2.24, 2.45) is 0 Å². The summed E-state index contributed by atoms with van der Waals surface area (Å²) < 4.78 is 23.0. The van der Waals surface area contributed by atoms with E-state index in [0.29, 0.717) is 17.4 Å². The number of nitrogens with one attached hydrogen (secondary N) is 1. The predicted molar refractivity (Wildman–Crippen MR) is 205 cm³/mol. The normalized spacial score (nSPS) is 15.0. The fourth-order valence-corrected chi connectivity index (χ4v) is 6.06. The van der Waals surface area contributed by atoms with Gasteiger partial charge in [0.25, 0.3) is 7.82 Å². The average Bonchev–Trinajstić information content (AvgIpc) is 3.04. The number of aliphatic hydroxyl groups excluding tert-OH is 1. The summed E-state index contributed by atoms with van der Waals surface area (Å²) in [4.78, 5) is 25.1. The lowest BCUT2D eigenvalue weighted by Crippen LogP contribution is -2.45. The van der Waals surface area contributed by atoms with Crippen molar-refractivity contribution in [1.29, 1.82) is 0 Å². The molecule has 0 spiro atoms. The van der Waals surface area contributed by atoms with E-state index in [2.05, 4.69) is 43.5 Å². The first-order chi connectivity index (χ1) is 23.5. The Bertz CT molecular complexity index is 902. The van der Waals surface area contributed by atoms with Crippen LogP contribution in [0.25, 0.3) is 0 Å². The maximum Gasteiger partial charge on any atom is 0.268 e. The number of carbonyl (C=O) groups is 1. The van der Waals surface area contributed by atoms with Gasteiger partial charge in [-0.3, -0.25) is 9.36 Å². The van der Waals surface area contributed by atoms with Gasteiger partial charge in [0.2, 0.25) is 5.91 Å². The number of amides is 1. The van der Waals surface area contributed by atoms with Gasteiger partial charge in [-0.2, -0.15) is 0 Å². The van der Waals surface area contributed by atoms with Crippen LogP contribution in [0.5, 0.6) is 0 Å². The van der Waals surface area contributed by atoms with Crippen LogP contribution in [0.15, 0.2) is 36.5 Å². The third-order valence-electron chi connectivity index (χ3n) is 8.57. The van der Waals surface area contributed by atoms with Gasteiger partial charge in [-0.1, -0.05) is 134 Å². The summed E-state index contributed by atoms with van der Waals surface area (Å²) in [5.74, 6) is -0.217. The molecule has 0 radical (unpaired) electrons. The van der Waals surface area contributed by atoms with Crippen LogP contribution in [0.3, 0.4) is 0 Å². The van der Waals surface area contributed by atoms with Crippen LogP contribution >= 0.6 is 7.82 Å². The van der Waals surface area contributed by atoms with E-state index in [0.717, 1.165) is 38.5 Å². The lowest BCUT2D eigenvalue weighted by molar-refractivity contribution is -0.870. The zero-order valence-electron chi connectivity index (χ0n) is 32.4. The molecule has 0 aliphatic heterocycles. The highest BCUT2D eigenvalue weighted by Gasteiger charge is 2.23. The number of carbonyl (C=O) groups excluding carboxylic acids is 1. The van der Waals surface area contributed by atoms with Gasteiger partial charge in [-0.25, -0.2) is 0 Å². The molecule has 8 nitrogen and oxygen atoms in total. The molecule has 0 bridgehead atoms. The highest BCUT2D eigenvalue weighted by molar-refractivity contribution is 7.45. The first kappa shape index (κ1) is 47.7. The van der Waals surface area contributed by atoms with E-state index in [-0.39, 0.29) is 12.5 Å². The number of unbranched alkanes of at least 4 members (excludes halogenated alkanes) is 18. The molecule has 3 atom stereocenters. The average molecular weight is 713 g/mol. The van der Waals surface area contributed by atoms with Gasteiger partial charge in [0.15, 0.2) is 0 Å². The van der Waals surface area contributed by atoms with Gasteiger partial charge >= 0.3 is 0 Å². The van der Waals surface area contributed by atoms with Crippen LogP contribution in [-0.4, -0.2) is 68.5 Å². The fourth-order valence-electron chi connectivity index (χ4n) is 5.34. The van der Waals surface area contributed by atoms with E-state index in [1.54, 1.807) is 6.08 Å². The summed E-state index contributed by atoms with van der Waals surface area (Å²) in [6.07, 6.45) is 37.7. The van der Waals surface area contributed by atoms with Gasteiger partial charge in [-0.15, -0.1) is 0 Å². The van der Waals surface area contributed by atoms with Gasteiger partial charge in [0, 0.05) is 6.42 Å². The second-order valence-corrected chi connectivity index (χ2v) is 16.0. The standard InChI is InChI=1S/C40H77N2O6P/c1-6-8-10-12-14-16-17-18-19-20-21-22-23-24-26-28-30-32-34-40(44)41-38(37-48-49(45,46)47-36-35-42(3,4)5)39(43)33-31-29-27-25-15-13-11-9-7-2/h15,19-20,25,31,33,38-39,43H,6-14,16-18,21-24,26-30,32,34-37H2,1-5H3,(H-,41,44,45,46)/b20-19-,25-15+,33-31+. The van der Waals surface area contributed by atoms with E-state index in [1.165, 1.54) is 103 Å². The molecule has 0 aromatic heterocycles. The molecular formula is C40H77N2O6P. The van der Waals surface area contributed by atoms with Crippen LogP contribution in [0.2, 0.25) is 0 Å². The van der Waals surface area contributed by atoms with Crippen molar-refractivity contribution in [3.05, 3.63) is 36.5 Å². The molecule has 0 aromatic carbocycles. The number of allylic oxidation sites excluding steroid dienone is 5. The molecule has 2 N–H and O–H groups in total. The number of phosphoric ester groups is 1.